The minimum Gasteiger partial charge on any atom is -0.351 e. The minimum atomic E-state index is 0.0657. The molecule has 1 heterocycles. The Morgan fingerprint density at radius 3 is 2.25 bits per heavy atom. The van der Waals surface area contributed by atoms with Crippen LogP contribution in [0.5, 0.6) is 0 Å². The molecule has 5 aliphatic rings. The van der Waals surface area contributed by atoms with E-state index in [0.717, 1.165) is 36.6 Å². The van der Waals surface area contributed by atoms with Crippen molar-refractivity contribution in [1.82, 2.24) is 10.6 Å². The molecule has 0 aromatic rings. The molecule has 1 amide bonds. The molecule has 3 nitrogen and oxygen atoms in total. The molecule has 0 aromatic heterocycles. The second-order valence-corrected chi connectivity index (χ2v) is 8.10. The van der Waals surface area contributed by atoms with Gasteiger partial charge in [-0.05, 0) is 81.1 Å². The number of amides is 1. The highest BCUT2D eigenvalue weighted by molar-refractivity contribution is 5.82. The first kappa shape index (κ1) is 13.1. The summed E-state index contributed by atoms with van der Waals surface area (Å²) in [7, 11) is 0. The number of carbonyl (C=O) groups is 1. The topological polar surface area (TPSA) is 41.1 Å². The van der Waals surface area contributed by atoms with Gasteiger partial charge >= 0.3 is 0 Å². The van der Waals surface area contributed by atoms with Gasteiger partial charge in [0.2, 0.25) is 5.91 Å². The molecule has 0 radical (unpaired) electrons. The lowest BCUT2D eigenvalue weighted by Crippen LogP contribution is -2.59. The molecule has 4 aliphatic carbocycles. The summed E-state index contributed by atoms with van der Waals surface area (Å²) in [5, 5.41) is 6.86. The molecule has 2 atom stereocenters. The van der Waals surface area contributed by atoms with E-state index in [1.54, 1.807) is 0 Å². The highest BCUT2D eigenvalue weighted by Crippen LogP contribution is 2.53. The van der Waals surface area contributed by atoms with Gasteiger partial charge in [0, 0.05) is 6.04 Å². The predicted octanol–water partition coefficient (Wildman–Crippen LogP) is 2.32. The molecule has 2 N–H and O–H groups in total. The number of hydrogen-bond donors (Lipinski definition) is 2. The van der Waals surface area contributed by atoms with Crippen LogP contribution in [0, 0.1) is 29.6 Å². The molecule has 0 spiro atoms. The van der Waals surface area contributed by atoms with Crippen molar-refractivity contribution < 1.29 is 4.79 Å². The summed E-state index contributed by atoms with van der Waals surface area (Å²) in [6.07, 6.45) is 9.23. The number of piperidine rings is 1. The fraction of sp³-hybridized carbons (Fsp3) is 0.941. The molecule has 5 fully saturated rings. The lowest BCUT2D eigenvalue weighted by molar-refractivity contribution is -0.128. The van der Waals surface area contributed by atoms with Gasteiger partial charge in [0.1, 0.15) is 0 Å². The van der Waals surface area contributed by atoms with E-state index in [9.17, 15) is 4.79 Å². The van der Waals surface area contributed by atoms with Crippen molar-refractivity contribution in [3.05, 3.63) is 0 Å². The van der Waals surface area contributed by atoms with E-state index < -0.39 is 0 Å². The standard InChI is InChI=1S/C17H28N2O/c1-10-2-3-18-15(4-10)17(20)19-16-13-6-11-5-12(8-13)9-14(16)7-11/h10-16,18H,2-9H2,1H3,(H,19,20). The van der Waals surface area contributed by atoms with Crippen LogP contribution in [0.1, 0.15) is 51.9 Å². The van der Waals surface area contributed by atoms with Gasteiger partial charge in [-0.2, -0.15) is 0 Å². The number of carbonyl (C=O) groups excluding carboxylic acids is 1. The normalized spacial score (nSPS) is 50.1. The Kier molecular flexibility index (Phi) is 3.29. The van der Waals surface area contributed by atoms with Gasteiger partial charge in [0.25, 0.3) is 0 Å². The minimum absolute atomic E-state index is 0.0657. The molecule has 20 heavy (non-hydrogen) atoms. The van der Waals surface area contributed by atoms with Crippen LogP contribution in [0.2, 0.25) is 0 Å². The van der Waals surface area contributed by atoms with E-state index in [0.29, 0.717) is 12.0 Å². The first-order chi connectivity index (χ1) is 9.69. The number of hydrogen-bond acceptors (Lipinski definition) is 2. The van der Waals surface area contributed by atoms with Gasteiger partial charge in [0.15, 0.2) is 0 Å². The Bertz CT molecular complexity index is 366. The zero-order valence-corrected chi connectivity index (χ0v) is 12.6. The second-order valence-electron chi connectivity index (χ2n) is 8.10. The average molecular weight is 276 g/mol. The van der Waals surface area contributed by atoms with Gasteiger partial charge in [0.05, 0.1) is 6.04 Å². The van der Waals surface area contributed by atoms with Crippen molar-refractivity contribution in [3.63, 3.8) is 0 Å². The summed E-state index contributed by atoms with van der Waals surface area (Å²) < 4.78 is 0. The molecule has 4 bridgehead atoms. The molecule has 1 aliphatic heterocycles. The molecule has 3 heteroatoms. The van der Waals surface area contributed by atoms with Crippen LogP contribution in [0.4, 0.5) is 0 Å². The molecule has 0 aromatic carbocycles. The third kappa shape index (κ3) is 2.28. The molecule has 1 saturated heterocycles. The van der Waals surface area contributed by atoms with Crippen LogP contribution in [-0.2, 0) is 4.79 Å². The lowest BCUT2D eigenvalue weighted by atomic mass is 9.54. The highest BCUT2D eigenvalue weighted by atomic mass is 16.2. The van der Waals surface area contributed by atoms with Gasteiger partial charge in [-0.25, -0.2) is 0 Å². The van der Waals surface area contributed by atoms with E-state index in [1.165, 1.54) is 38.5 Å². The van der Waals surface area contributed by atoms with Crippen LogP contribution in [-0.4, -0.2) is 24.5 Å². The summed E-state index contributed by atoms with van der Waals surface area (Å²) in [6, 6.07) is 0.560. The Labute approximate surface area is 122 Å². The van der Waals surface area contributed by atoms with Gasteiger partial charge in [-0.1, -0.05) is 6.92 Å². The molecule has 4 saturated carbocycles. The fourth-order valence-corrected chi connectivity index (χ4v) is 5.73. The highest BCUT2D eigenvalue weighted by Gasteiger charge is 2.48. The first-order valence-electron chi connectivity index (χ1n) is 8.72. The SMILES string of the molecule is CC1CCNC(C(=O)NC2C3CC4CC(C3)CC2C4)C1. The Balaban J connectivity index is 1.40. The number of rotatable bonds is 2. The van der Waals surface area contributed by atoms with Crippen molar-refractivity contribution in [2.24, 2.45) is 29.6 Å². The third-order valence-corrected chi connectivity index (χ3v) is 6.52. The van der Waals surface area contributed by atoms with Crippen LogP contribution in [0.3, 0.4) is 0 Å². The van der Waals surface area contributed by atoms with Crippen LogP contribution >= 0.6 is 0 Å². The molecule has 5 rings (SSSR count). The Morgan fingerprint density at radius 1 is 1.00 bits per heavy atom. The van der Waals surface area contributed by atoms with E-state index >= 15 is 0 Å². The Morgan fingerprint density at radius 2 is 1.65 bits per heavy atom. The van der Waals surface area contributed by atoms with Crippen LogP contribution in [0.25, 0.3) is 0 Å². The van der Waals surface area contributed by atoms with Gasteiger partial charge in [-0.3, -0.25) is 4.79 Å². The number of nitrogens with one attached hydrogen (secondary N) is 2. The molecular formula is C17H28N2O. The molecular weight excluding hydrogens is 248 g/mol. The smallest absolute Gasteiger partial charge is 0.237 e. The van der Waals surface area contributed by atoms with Crippen molar-refractivity contribution in [3.8, 4) is 0 Å². The zero-order valence-electron chi connectivity index (χ0n) is 12.6. The van der Waals surface area contributed by atoms with Crippen LogP contribution in [0.15, 0.2) is 0 Å². The van der Waals surface area contributed by atoms with Crippen molar-refractivity contribution in [2.45, 2.75) is 64.0 Å². The largest absolute Gasteiger partial charge is 0.351 e. The Hall–Kier alpha value is -0.570. The maximum Gasteiger partial charge on any atom is 0.237 e. The van der Waals surface area contributed by atoms with Crippen LogP contribution < -0.4 is 10.6 Å². The second kappa shape index (κ2) is 5.01. The van der Waals surface area contributed by atoms with E-state index in [1.807, 2.05) is 0 Å². The van der Waals surface area contributed by atoms with Crippen molar-refractivity contribution >= 4 is 5.91 Å². The predicted molar refractivity (Wildman–Crippen MR) is 79.2 cm³/mol. The van der Waals surface area contributed by atoms with Gasteiger partial charge in [-0.15, -0.1) is 0 Å². The maximum absolute atomic E-state index is 12.6. The van der Waals surface area contributed by atoms with E-state index in [4.69, 9.17) is 0 Å². The van der Waals surface area contributed by atoms with E-state index in [2.05, 4.69) is 17.6 Å². The molecule has 112 valence electrons. The maximum atomic E-state index is 12.6. The summed E-state index contributed by atoms with van der Waals surface area (Å²) in [5.74, 6) is 4.52. The van der Waals surface area contributed by atoms with E-state index in [-0.39, 0.29) is 11.9 Å². The van der Waals surface area contributed by atoms with Crippen molar-refractivity contribution in [2.75, 3.05) is 6.54 Å². The fourth-order valence-electron chi connectivity index (χ4n) is 5.73. The quantitative estimate of drug-likeness (QED) is 0.812. The van der Waals surface area contributed by atoms with Crippen molar-refractivity contribution in [1.29, 1.82) is 0 Å². The monoisotopic (exact) mass is 276 g/mol. The summed E-state index contributed by atoms with van der Waals surface area (Å²) in [5.41, 5.74) is 0. The molecule has 2 unspecified atom stereocenters. The third-order valence-electron chi connectivity index (χ3n) is 6.52. The zero-order chi connectivity index (χ0) is 13.7. The lowest BCUT2D eigenvalue weighted by Gasteiger charge is -2.54. The average Bonchev–Trinajstić information content (AvgIpc) is 2.42. The first-order valence-corrected chi connectivity index (χ1v) is 8.72. The summed E-state index contributed by atoms with van der Waals surface area (Å²) >= 11 is 0. The summed E-state index contributed by atoms with van der Waals surface area (Å²) in [4.78, 5) is 12.6. The summed E-state index contributed by atoms with van der Waals surface area (Å²) in [6.45, 7) is 3.27. The van der Waals surface area contributed by atoms with Gasteiger partial charge < -0.3 is 10.6 Å².